The average molecular weight is 660 g/mol. The molecule has 1 aliphatic heterocycles. The Kier molecular flexibility index (Phi) is 12.1. The molecule has 44 heavy (non-hydrogen) atoms. The lowest BCUT2D eigenvalue weighted by Gasteiger charge is -2.34. The maximum Gasteiger partial charge on any atom is 0.246 e. The van der Waals surface area contributed by atoms with E-state index in [0.717, 1.165) is 53.2 Å². The predicted octanol–water partition coefficient (Wildman–Crippen LogP) is 5.94. The van der Waals surface area contributed by atoms with Gasteiger partial charge in [-0.1, -0.05) is 24.3 Å². The molecule has 2 aromatic heterocycles. The first-order valence-corrected chi connectivity index (χ1v) is 14.6. The summed E-state index contributed by atoms with van der Waals surface area (Å²) in [6, 6.07) is 19.9. The third kappa shape index (κ3) is 9.22. The van der Waals surface area contributed by atoms with Gasteiger partial charge in [0.05, 0.1) is 6.20 Å². The molecule has 0 unspecified atom stereocenters. The molecule has 0 spiro atoms. The highest BCUT2D eigenvalue weighted by atomic mass is 79.9. The first-order chi connectivity index (χ1) is 21.0. The second-order valence-electron chi connectivity index (χ2n) is 10.8. The van der Waals surface area contributed by atoms with E-state index in [-0.39, 0.29) is 29.5 Å². The number of aryl methyl sites for hydroxylation is 2. The zero-order chi connectivity index (χ0) is 30.0. The van der Waals surface area contributed by atoms with E-state index in [0.29, 0.717) is 37.7 Å². The third-order valence-corrected chi connectivity index (χ3v) is 7.49. The molecule has 1 saturated heterocycles. The smallest absolute Gasteiger partial charge is 0.246 e. The van der Waals surface area contributed by atoms with Crippen molar-refractivity contribution in [3.63, 3.8) is 0 Å². The Morgan fingerprint density at radius 2 is 1.59 bits per heavy atom. The van der Waals surface area contributed by atoms with E-state index in [1.54, 1.807) is 30.7 Å². The van der Waals surface area contributed by atoms with Crippen LogP contribution in [0.3, 0.4) is 0 Å². The maximum absolute atomic E-state index is 12.9. The number of aliphatic hydroxyl groups is 1. The Balaban J connectivity index is 0.00000442. The number of rotatable bonds is 11. The number of nitrogens with zero attached hydrogens (tertiary/aromatic N) is 4. The molecule has 230 valence electrons. The summed E-state index contributed by atoms with van der Waals surface area (Å²) in [6.45, 7) is 8.56. The standard InChI is InChI=1S/C35H38N4O4.BrH/c1-26-21-31(7-10-34(41)39-18-16-38(17-19-39)24-29-5-3-28(4-6-29)13-20-40)22-27(2)35(26)43-33-9-8-32(23-37-33)42-25-30-11-14-36-15-12-30;/h3-12,14-15,21-23,40H,13,16-20,24-25H2,1-2H3;1H/b10-7+;. The maximum atomic E-state index is 12.9. The van der Waals surface area contributed by atoms with Gasteiger partial charge < -0.3 is 19.5 Å². The molecule has 0 bridgehead atoms. The molecule has 0 saturated carbocycles. The molecule has 1 aliphatic rings. The van der Waals surface area contributed by atoms with Gasteiger partial charge in [-0.2, -0.15) is 0 Å². The van der Waals surface area contributed by atoms with Crippen LogP contribution in [-0.4, -0.2) is 63.6 Å². The van der Waals surface area contributed by atoms with E-state index < -0.39 is 0 Å². The number of amides is 1. The van der Waals surface area contributed by atoms with Crippen LogP contribution in [0.25, 0.3) is 6.08 Å². The first-order valence-electron chi connectivity index (χ1n) is 14.6. The topological polar surface area (TPSA) is 88.0 Å². The summed E-state index contributed by atoms with van der Waals surface area (Å²) in [5, 5.41) is 9.10. The summed E-state index contributed by atoms with van der Waals surface area (Å²) in [7, 11) is 0. The van der Waals surface area contributed by atoms with Gasteiger partial charge in [-0.25, -0.2) is 4.98 Å². The molecule has 0 atom stereocenters. The zero-order valence-corrected chi connectivity index (χ0v) is 26.9. The third-order valence-electron chi connectivity index (χ3n) is 7.49. The van der Waals surface area contributed by atoms with E-state index in [9.17, 15) is 4.79 Å². The Morgan fingerprint density at radius 3 is 2.23 bits per heavy atom. The monoisotopic (exact) mass is 658 g/mol. The lowest BCUT2D eigenvalue weighted by atomic mass is 10.1. The van der Waals surface area contributed by atoms with Gasteiger partial charge in [-0.3, -0.25) is 14.7 Å². The minimum absolute atomic E-state index is 0. The van der Waals surface area contributed by atoms with Gasteiger partial charge in [0.2, 0.25) is 11.8 Å². The van der Waals surface area contributed by atoms with Crippen LogP contribution in [0.4, 0.5) is 0 Å². The van der Waals surface area contributed by atoms with Crippen molar-refractivity contribution in [2.45, 2.75) is 33.4 Å². The van der Waals surface area contributed by atoms with Crippen LogP contribution in [0.1, 0.15) is 33.4 Å². The van der Waals surface area contributed by atoms with Crippen molar-refractivity contribution in [3.05, 3.63) is 119 Å². The van der Waals surface area contributed by atoms with Crippen LogP contribution >= 0.6 is 17.0 Å². The van der Waals surface area contributed by atoms with E-state index in [4.69, 9.17) is 14.6 Å². The molecular weight excluding hydrogens is 620 g/mol. The largest absolute Gasteiger partial charge is 0.487 e. The van der Waals surface area contributed by atoms with Crippen molar-refractivity contribution in [1.82, 2.24) is 19.8 Å². The number of ether oxygens (including phenoxy) is 2. The molecule has 9 heteroatoms. The Bertz CT molecular complexity index is 1500. The number of hydrogen-bond donors (Lipinski definition) is 1. The van der Waals surface area contributed by atoms with Crippen molar-refractivity contribution >= 4 is 29.0 Å². The molecular formula is C35H39BrN4O4. The van der Waals surface area contributed by atoms with Gasteiger partial charge in [-0.05, 0) is 90.1 Å². The minimum atomic E-state index is 0. The van der Waals surface area contributed by atoms with E-state index in [1.807, 2.05) is 55.2 Å². The zero-order valence-electron chi connectivity index (χ0n) is 25.2. The normalized spacial score (nSPS) is 13.5. The Labute approximate surface area is 269 Å². The van der Waals surface area contributed by atoms with Gasteiger partial charge >= 0.3 is 0 Å². The van der Waals surface area contributed by atoms with Crippen molar-refractivity contribution in [2.24, 2.45) is 0 Å². The van der Waals surface area contributed by atoms with Crippen LogP contribution in [-0.2, 0) is 24.4 Å². The number of piperazine rings is 1. The quantitative estimate of drug-likeness (QED) is 0.200. The molecule has 8 nitrogen and oxygen atoms in total. The Morgan fingerprint density at radius 1 is 0.909 bits per heavy atom. The fraction of sp³-hybridized carbons (Fsp3) is 0.286. The minimum Gasteiger partial charge on any atom is -0.487 e. The van der Waals surface area contributed by atoms with Crippen LogP contribution in [0.5, 0.6) is 17.4 Å². The van der Waals surface area contributed by atoms with Crippen molar-refractivity contribution in [2.75, 3.05) is 32.8 Å². The summed E-state index contributed by atoms with van der Waals surface area (Å²) in [5.74, 6) is 1.92. The SMILES string of the molecule is Br.Cc1cc(/C=C/C(=O)N2CCN(Cc3ccc(CCO)cc3)CC2)cc(C)c1Oc1ccc(OCc2ccncc2)cn1. The van der Waals surface area contributed by atoms with Crippen LogP contribution < -0.4 is 9.47 Å². The second kappa shape index (κ2) is 16.1. The number of pyridine rings is 2. The highest BCUT2D eigenvalue weighted by molar-refractivity contribution is 8.93. The molecule has 1 N–H and O–H groups in total. The molecule has 0 radical (unpaired) electrons. The van der Waals surface area contributed by atoms with Gasteiger partial charge in [0.25, 0.3) is 0 Å². The number of halogens is 1. The fourth-order valence-corrected chi connectivity index (χ4v) is 5.10. The highest BCUT2D eigenvalue weighted by Crippen LogP contribution is 2.30. The number of aromatic nitrogens is 2. The number of carbonyl (C=O) groups excluding carboxylic acids is 1. The van der Waals surface area contributed by atoms with E-state index >= 15 is 0 Å². The van der Waals surface area contributed by atoms with E-state index in [2.05, 4.69) is 39.1 Å². The lowest BCUT2D eigenvalue weighted by Crippen LogP contribution is -2.47. The first kappa shape index (κ1) is 32.9. The molecule has 1 amide bonds. The number of aliphatic hydroxyl groups excluding tert-OH is 1. The second-order valence-corrected chi connectivity index (χ2v) is 10.8. The van der Waals surface area contributed by atoms with Gasteiger partial charge in [0, 0.05) is 63.9 Å². The predicted molar refractivity (Wildman–Crippen MR) is 177 cm³/mol. The summed E-state index contributed by atoms with van der Waals surface area (Å²) in [5.41, 5.74) is 6.31. The molecule has 5 rings (SSSR count). The van der Waals surface area contributed by atoms with E-state index in [1.165, 1.54) is 5.56 Å². The average Bonchev–Trinajstić information content (AvgIpc) is 3.03. The molecule has 4 aromatic rings. The Hall–Kier alpha value is -4.05. The van der Waals surface area contributed by atoms with Crippen LogP contribution in [0, 0.1) is 13.8 Å². The van der Waals surface area contributed by atoms with Crippen molar-refractivity contribution in [1.29, 1.82) is 0 Å². The molecule has 2 aromatic carbocycles. The van der Waals surface area contributed by atoms with Crippen molar-refractivity contribution in [3.8, 4) is 17.4 Å². The van der Waals surface area contributed by atoms with Crippen LogP contribution in [0.2, 0.25) is 0 Å². The molecule has 3 heterocycles. The summed E-state index contributed by atoms with van der Waals surface area (Å²) in [6.07, 6.45) is 9.35. The lowest BCUT2D eigenvalue weighted by molar-refractivity contribution is -0.127. The summed E-state index contributed by atoms with van der Waals surface area (Å²) < 4.78 is 11.9. The summed E-state index contributed by atoms with van der Waals surface area (Å²) in [4.78, 5) is 25.6. The fourth-order valence-electron chi connectivity index (χ4n) is 5.10. The number of hydrogen-bond acceptors (Lipinski definition) is 7. The summed E-state index contributed by atoms with van der Waals surface area (Å²) >= 11 is 0. The van der Waals surface area contributed by atoms with Gasteiger partial charge in [0.15, 0.2) is 0 Å². The molecule has 1 fully saturated rings. The van der Waals surface area contributed by atoms with Gasteiger partial charge in [0.1, 0.15) is 18.1 Å². The number of benzene rings is 2. The molecule has 0 aliphatic carbocycles. The van der Waals surface area contributed by atoms with Crippen molar-refractivity contribution < 1.29 is 19.4 Å². The highest BCUT2D eigenvalue weighted by Gasteiger charge is 2.20. The van der Waals surface area contributed by atoms with Gasteiger partial charge in [-0.15, -0.1) is 17.0 Å². The van der Waals surface area contributed by atoms with Crippen LogP contribution in [0.15, 0.2) is 85.3 Å². The number of carbonyl (C=O) groups is 1.